The maximum Gasteiger partial charge on any atom is 0.253 e. The van der Waals surface area contributed by atoms with Crippen molar-refractivity contribution >= 4 is 16.9 Å². The number of carbonyl (C=O) groups is 1. The highest BCUT2D eigenvalue weighted by molar-refractivity contribution is 5.97. The van der Waals surface area contributed by atoms with E-state index in [1.165, 1.54) is 0 Å². The predicted molar refractivity (Wildman–Crippen MR) is 83.4 cm³/mol. The predicted octanol–water partition coefficient (Wildman–Crippen LogP) is 2.99. The summed E-state index contributed by atoms with van der Waals surface area (Å²) in [4.78, 5) is 23.7. The molecule has 21 heavy (non-hydrogen) atoms. The van der Waals surface area contributed by atoms with Crippen LogP contribution in [-0.4, -0.2) is 33.9 Å². The first-order valence-corrected chi connectivity index (χ1v) is 7.81. The lowest BCUT2D eigenvalue weighted by atomic mass is 10.1. The molecular weight excluding hydrogens is 262 g/mol. The monoisotopic (exact) mass is 283 g/mol. The molecule has 3 rings (SSSR count). The Balaban J connectivity index is 2.00. The Hall–Kier alpha value is -1.97. The fourth-order valence-corrected chi connectivity index (χ4v) is 2.93. The zero-order valence-electron chi connectivity index (χ0n) is 12.7. The second kappa shape index (κ2) is 5.80. The van der Waals surface area contributed by atoms with Gasteiger partial charge in [-0.05, 0) is 43.9 Å². The van der Waals surface area contributed by atoms with Gasteiger partial charge in [-0.25, -0.2) is 9.97 Å². The fourth-order valence-electron chi connectivity index (χ4n) is 2.93. The number of aromatic nitrogens is 2. The van der Waals surface area contributed by atoms with Crippen molar-refractivity contribution in [1.82, 2.24) is 14.9 Å². The maximum absolute atomic E-state index is 12.4. The molecule has 0 N–H and O–H groups in total. The molecule has 4 nitrogen and oxygen atoms in total. The van der Waals surface area contributed by atoms with Gasteiger partial charge in [-0.1, -0.05) is 13.8 Å². The number of likely N-dealkylation sites (tertiary alicyclic amines) is 1. The highest BCUT2D eigenvalue weighted by atomic mass is 16.2. The average Bonchev–Trinajstić information content (AvgIpc) is 3.06. The van der Waals surface area contributed by atoms with Crippen molar-refractivity contribution in [3.63, 3.8) is 0 Å². The molecule has 1 aliphatic heterocycles. The van der Waals surface area contributed by atoms with Crippen molar-refractivity contribution in [2.45, 2.75) is 39.5 Å². The van der Waals surface area contributed by atoms with Crippen LogP contribution in [0.3, 0.4) is 0 Å². The van der Waals surface area contributed by atoms with Crippen molar-refractivity contribution in [3.8, 4) is 0 Å². The van der Waals surface area contributed by atoms with E-state index in [1.807, 2.05) is 23.1 Å². The Morgan fingerprint density at radius 1 is 1.05 bits per heavy atom. The molecule has 0 saturated carbocycles. The Morgan fingerprint density at radius 2 is 1.67 bits per heavy atom. The summed E-state index contributed by atoms with van der Waals surface area (Å²) >= 11 is 0. The topological polar surface area (TPSA) is 46.1 Å². The normalized spacial score (nSPS) is 14.9. The summed E-state index contributed by atoms with van der Waals surface area (Å²) in [5, 5.41) is 0. The van der Waals surface area contributed by atoms with E-state index in [4.69, 9.17) is 4.98 Å². The van der Waals surface area contributed by atoms with Crippen LogP contribution in [0, 0.1) is 0 Å². The molecule has 2 aromatic rings. The number of nitrogens with zero attached hydrogens (tertiary/aromatic N) is 3. The zero-order chi connectivity index (χ0) is 14.8. The van der Waals surface area contributed by atoms with Crippen molar-refractivity contribution in [2.75, 3.05) is 13.1 Å². The first-order valence-electron chi connectivity index (χ1n) is 7.81. The molecule has 0 aliphatic carbocycles. The van der Waals surface area contributed by atoms with E-state index in [1.54, 1.807) is 0 Å². The van der Waals surface area contributed by atoms with Crippen LogP contribution < -0.4 is 0 Å². The quantitative estimate of drug-likeness (QED) is 0.870. The molecule has 0 bridgehead atoms. The number of amides is 1. The van der Waals surface area contributed by atoms with Crippen molar-refractivity contribution in [2.24, 2.45) is 0 Å². The van der Waals surface area contributed by atoms with Crippen LogP contribution in [0.2, 0.25) is 0 Å². The molecule has 1 aromatic carbocycles. The van der Waals surface area contributed by atoms with Gasteiger partial charge >= 0.3 is 0 Å². The number of carbonyl (C=O) groups excluding carboxylic acids is 1. The lowest BCUT2D eigenvalue weighted by molar-refractivity contribution is 0.0793. The first-order chi connectivity index (χ1) is 10.2. The van der Waals surface area contributed by atoms with E-state index in [0.717, 1.165) is 66.8 Å². The van der Waals surface area contributed by atoms with Crippen LogP contribution in [0.4, 0.5) is 0 Å². The van der Waals surface area contributed by atoms with Crippen molar-refractivity contribution in [3.05, 3.63) is 35.2 Å². The van der Waals surface area contributed by atoms with E-state index >= 15 is 0 Å². The fraction of sp³-hybridized carbons (Fsp3) is 0.471. The van der Waals surface area contributed by atoms with E-state index in [0.29, 0.717) is 0 Å². The molecular formula is C17H21N3O. The third-order valence-corrected chi connectivity index (χ3v) is 4.13. The summed E-state index contributed by atoms with van der Waals surface area (Å²) in [6, 6.07) is 5.69. The van der Waals surface area contributed by atoms with Gasteiger partial charge in [0.15, 0.2) is 0 Å². The highest BCUT2D eigenvalue weighted by Crippen LogP contribution is 2.19. The minimum absolute atomic E-state index is 0.119. The van der Waals surface area contributed by atoms with Gasteiger partial charge in [0.05, 0.1) is 22.4 Å². The summed E-state index contributed by atoms with van der Waals surface area (Å²) in [5.41, 5.74) is 4.53. The van der Waals surface area contributed by atoms with E-state index in [9.17, 15) is 4.79 Å². The van der Waals surface area contributed by atoms with Gasteiger partial charge in [-0.15, -0.1) is 0 Å². The van der Waals surface area contributed by atoms with E-state index in [2.05, 4.69) is 18.8 Å². The minimum Gasteiger partial charge on any atom is -0.339 e. The van der Waals surface area contributed by atoms with Crippen LogP contribution in [0.5, 0.6) is 0 Å². The van der Waals surface area contributed by atoms with Crippen LogP contribution in [-0.2, 0) is 12.8 Å². The summed E-state index contributed by atoms with van der Waals surface area (Å²) in [6.07, 6.45) is 3.98. The Kier molecular flexibility index (Phi) is 3.86. The average molecular weight is 283 g/mol. The molecule has 0 radical (unpaired) electrons. The Bertz CT molecular complexity index is 675. The second-order valence-electron chi connectivity index (χ2n) is 5.53. The number of hydrogen-bond donors (Lipinski definition) is 0. The SMILES string of the molecule is CCc1nc2ccc(C(=O)N3CCCC3)cc2nc1CC. The molecule has 0 atom stereocenters. The van der Waals surface area contributed by atoms with Gasteiger partial charge in [-0.3, -0.25) is 4.79 Å². The summed E-state index contributed by atoms with van der Waals surface area (Å²) < 4.78 is 0. The summed E-state index contributed by atoms with van der Waals surface area (Å²) in [6.45, 7) is 5.93. The second-order valence-corrected chi connectivity index (χ2v) is 5.53. The lowest BCUT2D eigenvalue weighted by Crippen LogP contribution is -2.27. The molecule has 1 amide bonds. The number of fused-ring (bicyclic) bond motifs is 1. The molecule has 0 unspecified atom stereocenters. The third-order valence-electron chi connectivity index (χ3n) is 4.13. The van der Waals surface area contributed by atoms with Gasteiger partial charge in [0, 0.05) is 18.7 Å². The Labute approximate surface area is 125 Å². The van der Waals surface area contributed by atoms with Gasteiger partial charge in [0.1, 0.15) is 0 Å². The Morgan fingerprint density at radius 3 is 2.29 bits per heavy atom. The molecule has 1 aliphatic rings. The minimum atomic E-state index is 0.119. The number of hydrogen-bond acceptors (Lipinski definition) is 3. The molecule has 1 saturated heterocycles. The summed E-state index contributed by atoms with van der Waals surface area (Å²) in [7, 11) is 0. The van der Waals surface area contributed by atoms with Crippen LogP contribution in [0.1, 0.15) is 48.4 Å². The first kappa shape index (κ1) is 14.0. The number of benzene rings is 1. The lowest BCUT2D eigenvalue weighted by Gasteiger charge is -2.15. The molecule has 110 valence electrons. The maximum atomic E-state index is 12.4. The number of rotatable bonds is 3. The third kappa shape index (κ3) is 2.62. The van der Waals surface area contributed by atoms with Gasteiger partial charge in [0.25, 0.3) is 5.91 Å². The molecule has 1 fully saturated rings. The van der Waals surface area contributed by atoms with Gasteiger partial charge in [-0.2, -0.15) is 0 Å². The standard InChI is InChI=1S/C17H21N3O/c1-3-13-14(4-2)19-16-11-12(7-8-15(16)18-13)17(21)20-9-5-6-10-20/h7-8,11H,3-6,9-10H2,1-2H3. The van der Waals surface area contributed by atoms with Crippen molar-refractivity contribution < 1.29 is 4.79 Å². The largest absolute Gasteiger partial charge is 0.339 e. The molecule has 2 heterocycles. The smallest absolute Gasteiger partial charge is 0.253 e. The molecule has 4 heteroatoms. The van der Waals surface area contributed by atoms with Gasteiger partial charge < -0.3 is 4.90 Å². The van der Waals surface area contributed by atoms with Crippen LogP contribution in [0.25, 0.3) is 11.0 Å². The van der Waals surface area contributed by atoms with Crippen molar-refractivity contribution in [1.29, 1.82) is 0 Å². The highest BCUT2D eigenvalue weighted by Gasteiger charge is 2.20. The molecule has 1 aromatic heterocycles. The van der Waals surface area contributed by atoms with Crippen LogP contribution in [0.15, 0.2) is 18.2 Å². The zero-order valence-corrected chi connectivity index (χ0v) is 12.7. The molecule has 0 spiro atoms. The number of aryl methyl sites for hydroxylation is 2. The van der Waals surface area contributed by atoms with E-state index < -0.39 is 0 Å². The summed E-state index contributed by atoms with van der Waals surface area (Å²) in [5.74, 6) is 0.119. The van der Waals surface area contributed by atoms with E-state index in [-0.39, 0.29) is 5.91 Å². The van der Waals surface area contributed by atoms with Gasteiger partial charge in [0.2, 0.25) is 0 Å². The van der Waals surface area contributed by atoms with Crippen LogP contribution >= 0.6 is 0 Å².